The van der Waals surface area contributed by atoms with E-state index in [9.17, 15) is 9.59 Å². The van der Waals surface area contributed by atoms with Gasteiger partial charge in [-0.15, -0.1) is 11.6 Å². The SMILES string of the molecule is O=C(O)c1nc2ccccc2n(CCl)c1=O. The molecule has 1 aromatic carbocycles. The van der Waals surface area contributed by atoms with E-state index in [-0.39, 0.29) is 6.00 Å². The number of aromatic nitrogens is 2. The van der Waals surface area contributed by atoms with E-state index in [1.165, 1.54) is 4.57 Å². The van der Waals surface area contributed by atoms with Crippen LogP contribution in [0, 0.1) is 0 Å². The zero-order chi connectivity index (χ0) is 11.7. The Bertz CT molecular complexity index is 621. The van der Waals surface area contributed by atoms with Crippen LogP contribution in [0.25, 0.3) is 11.0 Å². The largest absolute Gasteiger partial charge is 0.476 e. The predicted molar refractivity (Wildman–Crippen MR) is 58.8 cm³/mol. The number of para-hydroxylation sites is 2. The minimum atomic E-state index is -1.35. The van der Waals surface area contributed by atoms with Crippen LogP contribution in [0.1, 0.15) is 10.5 Å². The fourth-order valence-electron chi connectivity index (χ4n) is 1.45. The Hall–Kier alpha value is -1.88. The number of carboxylic acid groups (broad SMARTS) is 1. The molecule has 0 radical (unpaired) electrons. The smallest absolute Gasteiger partial charge is 0.360 e. The molecule has 82 valence electrons. The molecule has 0 bridgehead atoms. The van der Waals surface area contributed by atoms with Gasteiger partial charge in [-0.05, 0) is 12.1 Å². The number of rotatable bonds is 2. The van der Waals surface area contributed by atoms with Crippen molar-refractivity contribution in [3.8, 4) is 0 Å². The lowest BCUT2D eigenvalue weighted by Crippen LogP contribution is -2.27. The Morgan fingerprint density at radius 1 is 1.44 bits per heavy atom. The highest BCUT2D eigenvalue weighted by atomic mass is 35.5. The van der Waals surface area contributed by atoms with E-state index in [0.29, 0.717) is 11.0 Å². The maximum atomic E-state index is 11.7. The first-order valence-electron chi connectivity index (χ1n) is 4.44. The lowest BCUT2D eigenvalue weighted by Gasteiger charge is -2.06. The van der Waals surface area contributed by atoms with Crippen LogP contribution in [0.5, 0.6) is 0 Å². The summed E-state index contributed by atoms with van der Waals surface area (Å²) in [6.45, 7) is 0. The molecule has 16 heavy (non-hydrogen) atoms. The van der Waals surface area contributed by atoms with Crippen molar-refractivity contribution in [3.05, 3.63) is 40.3 Å². The molecular formula is C10H7ClN2O3. The molecule has 1 N–H and O–H groups in total. The molecule has 0 saturated heterocycles. The van der Waals surface area contributed by atoms with Gasteiger partial charge in [0.1, 0.15) is 6.00 Å². The van der Waals surface area contributed by atoms with Crippen LogP contribution in [0.3, 0.4) is 0 Å². The first-order valence-corrected chi connectivity index (χ1v) is 4.97. The third-order valence-electron chi connectivity index (χ3n) is 2.17. The number of carbonyl (C=O) groups is 1. The molecule has 5 nitrogen and oxygen atoms in total. The lowest BCUT2D eigenvalue weighted by molar-refractivity contribution is 0.0688. The Balaban J connectivity index is 2.94. The number of alkyl halides is 1. The van der Waals surface area contributed by atoms with Gasteiger partial charge < -0.3 is 5.11 Å². The lowest BCUT2D eigenvalue weighted by atomic mass is 10.3. The number of nitrogens with zero attached hydrogens (tertiary/aromatic N) is 2. The number of carboxylic acids is 1. The van der Waals surface area contributed by atoms with E-state index >= 15 is 0 Å². The van der Waals surface area contributed by atoms with E-state index in [4.69, 9.17) is 16.7 Å². The summed E-state index contributed by atoms with van der Waals surface area (Å²) >= 11 is 5.63. The number of benzene rings is 1. The number of aromatic carboxylic acids is 1. The van der Waals surface area contributed by atoms with Crippen molar-refractivity contribution in [1.82, 2.24) is 9.55 Å². The zero-order valence-electron chi connectivity index (χ0n) is 8.05. The van der Waals surface area contributed by atoms with Crippen molar-refractivity contribution >= 4 is 28.6 Å². The second-order valence-corrected chi connectivity index (χ2v) is 3.35. The van der Waals surface area contributed by atoms with E-state index in [1.807, 2.05) is 0 Å². The van der Waals surface area contributed by atoms with Gasteiger partial charge in [-0.3, -0.25) is 9.36 Å². The number of hydrogen-bond acceptors (Lipinski definition) is 3. The molecule has 2 aromatic rings. The maximum absolute atomic E-state index is 11.7. The number of fused-ring (bicyclic) bond motifs is 1. The maximum Gasteiger partial charge on any atom is 0.360 e. The Morgan fingerprint density at radius 2 is 2.12 bits per heavy atom. The van der Waals surface area contributed by atoms with Crippen LogP contribution in [0.4, 0.5) is 0 Å². The summed E-state index contributed by atoms with van der Waals surface area (Å²) in [5.41, 5.74) is -0.256. The van der Waals surface area contributed by atoms with Crippen LogP contribution in [-0.4, -0.2) is 20.6 Å². The molecule has 0 atom stereocenters. The molecule has 0 spiro atoms. The van der Waals surface area contributed by atoms with Crippen molar-refractivity contribution in [3.63, 3.8) is 0 Å². The van der Waals surface area contributed by atoms with Crippen LogP contribution in [0.2, 0.25) is 0 Å². The van der Waals surface area contributed by atoms with Crippen LogP contribution >= 0.6 is 11.6 Å². The van der Waals surface area contributed by atoms with Gasteiger partial charge in [0.2, 0.25) is 5.69 Å². The van der Waals surface area contributed by atoms with Gasteiger partial charge in [-0.1, -0.05) is 12.1 Å². The molecule has 0 unspecified atom stereocenters. The molecule has 1 aromatic heterocycles. The molecule has 1 heterocycles. The van der Waals surface area contributed by atoms with Gasteiger partial charge in [0, 0.05) is 0 Å². The third-order valence-corrected chi connectivity index (χ3v) is 2.41. The highest BCUT2D eigenvalue weighted by molar-refractivity contribution is 6.15. The van der Waals surface area contributed by atoms with Crippen molar-refractivity contribution < 1.29 is 9.90 Å². The molecule has 0 amide bonds. The highest BCUT2D eigenvalue weighted by Crippen LogP contribution is 2.10. The average Bonchev–Trinajstić information content (AvgIpc) is 2.28. The zero-order valence-corrected chi connectivity index (χ0v) is 8.81. The van der Waals surface area contributed by atoms with Crippen LogP contribution in [0.15, 0.2) is 29.1 Å². The van der Waals surface area contributed by atoms with Crippen LogP contribution in [-0.2, 0) is 6.00 Å². The minimum Gasteiger partial charge on any atom is -0.476 e. The first-order chi connectivity index (χ1) is 7.65. The summed E-state index contributed by atoms with van der Waals surface area (Å²) in [6, 6.07) is 6.63. The van der Waals surface area contributed by atoms with E-state index < -0.39 is 17.2 Å². The van der Waals surface area contributed by atoms with E-state index in [1.54, 1.807) is 24.3 Å². The number of hydrogen-bond donors (Lipinski definition) is 1. The highest BCUT2D eigenvalue weighted by Gasteiger charge is 2.15. The van der Waals surface area contributed by atoms with Crippen molar-refractivity contribution in [1.29, 1.82) is 0 Å². The fourth-order valence-corrected chi connectivity index (χ4v) is 1.69. The van der Waals surface area contributed by atoms with Gasteiger partial charge >= 0.3 is 5.97 Å². The monoisotopic (exact) mass is 238 g/mol. The molecule has 0 fully saturated rings. The topological polar surface area (TPSA) is 72.2 Å². The first kappa shape index (κ1) is 10.6. The molecule has 0 aliphatic heterocycles. The van der Waals surface area contributed by atoms with E-state index in [0.717, 1.165) is 0 Å². The van der Waals surface area contributed by atoms with Gasteiger partial charge in [-0.25, -0.2) is 9.78 Å². The summed E-state index contributed by atoms with van der Waals surface area (Å²) < 4.78 is 1.17. The quantitative estimate of drug-likeness (QED) is 0.801. The Labute approximate surface area is 94.9 Å². The predicted octanol–water partition coefficient (Wildman–Crippen LogP) is 1.29. The van der Waals surface area contributed by atoms with Gasteiger partial charge in [0.15, 0.2) is 0 Å². The molecule has 2 rings (SSSR count). The molecule has 6 heteroatoms. The Morgan fingerprint density at radius 3 is 2.75 bits per heavy atom. The van der Waals surface area contributed by atoms with Gasteiger partial charge in [0.25, 0.3) is 5.56 Å². The van der Waals surface area contributed by atoms with E-state index in [2.05, 4.69) is 4.98 Å². The van der Waals surface area contributed by atoms with Crippen molar-refractivity contribution in [2.24, 2.45) is 0 Å². The molecule has 0 saturated carbocycles. The molecular weight excluding hydrogens is 232 g/mol. The average molecular weight is 239 g/mol. The summed E-state index contributed by atoms with van der Waals surface area (Å²) in [7, 11) is 0. The summed E-state index contributed by atoms with van der Waals surface area (Å²) in [4.78, 5) is 26.3. The Kier molecular flexibility index (Phi) is 2.62. The second-order valence-electron chi connectivity index (χ2n) is 3.11. The van der Waals surface area contributed by atoms with Crippen LogP contribution < -0.4 is 5.56 Å². The summed E-state index contributed by atoms with van der Waals surface area (Å²) in [5, 5.41) is 8.83. The van der Waals surface area contributed by atoms with Crippen molar-refractivity contribution in [2.45, 2.75) is 6.00 Å². The van der Waals surface area contributed by atoms with Gasteiger partial charge in [-0.2, -0.15) is 0 Å². The molecule has 0 aliphatic rings. The van der Waals surface area contributed by atoms with Gasteiger partial charge in [0.05, 0.1) is 11.0 Å². The third kappa shape index (κ3) is 1.55. The summed E-state index contributed by atoms with van der Waals surface area (Å²) in [6.07, 6.45) is 0. The standard InChI is InChI=1S/C10H7ClN2O3/c11-5-13-7-4-2-1-3-6(7)12-8(9(13)14)10(15)16/h1-4H,5H2,(H,15,16). The minimum absolute atomic E-state index is 0.109. The molecule has 0 aliphatic carbocycles. The summed E-state index contributed by atoms with van der Waals surface area (Å²) in [5.74, 6) is -1.35. The normalized spacial score (nSPS) is 10.6. The fraction of sp³-hybridized carbons (Fsp3) is 0.100. The van der Waals surface area contributed by atoms with Crippen molar-refractivity contribution in [2.75, 3.05) is 0 Å². The number of halogens is 1. The second kappa shape index (κ2) is 3.94.